The molecule has 0 aromatic carbocycles. The lowest BCUT2D eigenvalue weighted by Crippen LogP contribution is -2.50. The minimum atomic E-state index is -0.0371. The Kier molecular flexibility index (Phi) is 5.81. The van der Waals surface area contributed by atoms with Gasteiger partial charge < -0.3 is 19.9 Å². The number of amides is 1. The fourth-order valence-corrected chi connectivity index (χ4v) is 3.48. The van der Waals surface area contributed by atoms with Gasteiger partial charge in [-0.05, 0) is 32.4 Å². The van der Waals surface area contributed by atoms with Crippen LogP contribution in [-0.4, -0.2) is 73.7 Å². The van der Waals surface area contributed by atoms with E-state index >= 15 is 0 Å². The molecule has 2 rings (SSSR count). The van der Waals surface area contributed by atoms with E-state index in [0.29, 0.717) is 6.04 Å². The van der Waals surface area contributed by atoms with Crippen LogP contribution in [0.1, 0.15) is 33.1 Å². The number of hydrogen-bond acceptors (Lipinski definition) is 4. The number of nitrogens with zero attached hydrogens (tertiary/aromatic N) is 2. The van der Waals surface area contributed by atoms with Crippen LogP contribution in [0.3, 0.4) is 0 Å². The molecule has 0 radical (unpaired) electrons. The zero-order valence-electron chi connectivity index (χ0n) is 13.1. The standard InChI is InChI=1S/C15H29N3O2/c1-4-17(5-2)12-6-8-18(9-7-12)15(19)14-10-13(20-3)11-16-14/h12-14,16H,4-11H2,1-3H3. The second-order valence-corrected chi connectivity index (χ2v) is 5.83. The van der Waals surface area contributed by atoms with E-state index in [4.69, 9.17) is 4.74 Å². The summed E-state index contributed by atoms with van der Waals surface area (Å²) < 4.78 is 5.32. The molecule has 0 aliphatic carbocycles. The van der Waals surface area contributed by atoms with Crippen molar-refractivity contribution in [3.05, 3.63) is 0 Å². The van der Waals surface area contributed by atoms with Crippen molar-refractivity contribution in [3.63, 3.8) is 0 Å². The molecular formula is C15H29N3O2. The fourth-order valence-electron chi connectivity index (χ4n) is 3.48. The highest BCUT2D eigenvalue weighted by Crippen LogP contribution is 2.19. The Morgan fingerprint density at radius 3 is 2.45 bits per heavy atom. The van der Waals surface area contributed by atoms with Crippen LogP contribution < -0.4 is 5.32 Å². The first-order valence-electron chi connectivity index (χ1n) is 7.98. The van der Waals surface area contributed by atoms with Gasteiger partial charge in [-0.15, -0.1) is 0 Å². The third kappa shape index (κ3) is 3.51. The van der Waals surface area contributed by atoms with Crippen molar-refractivity contribution >= 4 is 5.91 Å². The number of nitrogens with one attached hydrogen (secondary N) is 1. The Morgan fingerprint density at radius 2 is 1.95 bits per heavy atom. The minimum absolute atomic E-state index is 0.0371. The minimum Gasteiger partial charge on any atom is -0.380 e. The summed E-state index contributed by atoms with van der Waals surface area (Å²) in [6, 6.07) is 0.613. The van der Waals surface area contributed by atoms with Crippen molar-refractivity contribution in [2.24, 2.45) is 0 Å². The number of hydrogen-bond donors (Lipinski definition) is 1. The van der Waals surface area contributed by atoms with Crippen LogP contribution in [0.25, 0.3) is 0 Å². The van der Waals surface area contributed by atoms with E-state index in [2.05, 4.69) is 24.1 Å². The molecule has 2 aliphatic heterocycles. The van der Waals surface area contributed by atoms with Crippen molar-refractivity contribution in [1.82, 2.24) is 15.1 Å². The zero-order valence-corrected chi connectivity index (χ0v) is 13.1. The number of piperidine rings is 1. The molecule has 0 spiro atoms. The average Bonchev–Trinajstić information content (AvgIpc) is 2.97. The van der Waals surface area contributed by atoms with Gasteiger partial charge in [0.15, 0.2) is 0 Å². The number of ether oxygens (including phenoxy) is 1. The molecule has 2 atom stereocenters. The van der Waals surface area contributed by atoms with Crippen LogP contribution in [0.5, 0.6) is 0 Å². The Labute approximate surface area is 122 Å². The Bertz CT molecular complexity index is 312. The molecule has 20 heavy (non-hydrogen) atoms. The first kappa shape index (κ1) is 15.7. The van der Waals surface area contributed by atoms with E-state index in [1.165, 1.54) is 0 Å². The number of likely N-dealkylation sites (tertiary alicyclic amines) is 1. The maximum absolute atomic E-state index is 12.5. The maximum Gasteiger partial charge on any atom is 0.239 e. The molecule has 116 valence electrons. The van der Waals surface area contributed by atoms with Crippen molar-refractivity contribution < 1.29 is 9.53 Å². The largest absolute Gasteiger partial charge is 0.380 e. The van der Waals surface area contributed by atoms with Crippen LogP contribution in [-0.2, 0) is 9.53 Å². The predicted molar refractivity (Wildman–Crippen MR) is 79.7 cm³/mol. The van der Waals surface area contributed by atoms with Crippen LogP contribution in [0.4, 0.5) is 0 Å². The summed E-state index contributed by atoms with van der Waals surface area (Å²) in [5.41, 5.74) is 0. The molecule has 0 saturated carbocycles. The van der Waals surface area contributed by atoms with E-state index in [1.54, 1.807) is 7.11 Å². The fraction of sp³-hybridized carbons (Fsp3) is 0.933. The molecule has 5 heteroatoms. The van der Waals surface area contributed by atoms with Gasteiger partial charge in [-0.3, -0.25) is 4.79 Å². The van der Waals surface area contributed by atoms with Gasteiger partial charge in [0, 0.05) is 32.8 Å². The van der Waals surface area contributed by atoms with Gasteiger partial charge in [0.2, 0.25) is 5.91 Å². The molecule has 0 aromatic rings. The lowest BCUT2D eigenvalue weighted by Gasteiger charge is -2.38. The Balaban J connectivity index is 1.80. The Morgan fingerprint density at radius 1 is 1.30 bits per heavy atom. The molecule has 0 aromatic heterocycles. The van der Waals surface area contributed by atoms with Gasteiger partial charge in [0.25, 0.3) is 0 Å². The number of methoxy groups -OCH3 is 1. The second kappa shape index (κ2) is 7.38. The summed E-state index contributed by atoms with van der Waals surface area (Å²) in [6.45, 7) is 9.24. The van der Waals surface area contributed by atoms with E-state index in [9.17, 15) is 4.79 Å². The predicted octanol–water partition coefficient (Wildman–Crippen LogP) is 0.696. The third-order valence-corrected chi connectivity index (χ3v) is 4.83. The SMILES string of the molecule is CCN(CC)C1CCN(C(=O)C2CC(OC)CN2)CC1. The molecule has 2 unspecified atom stereocenters. The first-order valence-corrected chi connectivity index (χ1v) is 7.98. The first-order chi connectivity index (χ1) is 9.69. The van der Waals surface area contributed by atoms with Gasteiger partial charge in [-0.2, -0.15) is 0 Å². The van der Waals surface area contributed by atoms with Crippen molar-refractivity contribution in [3.8, 4) is 0 Å². The summed E-state index contributed by atoms with van der Waals surface area (Å²) in [5.74, 6) is 0.266. The lowest BCUT2D eigenvalue weighted by atomic mass is 10.0. The molecule has 0 bridgehead atoms. The van der Waals surface area contributed by atoms with Crippen LogP contribution in [0, 0.1) is 0 Å². The highest BCUT2D eigenvalue weighted by Gasteiger charge is 2.34. The molecular weight excluding hydrogens is 254 g/mol. The van der Waals surface area contributed by atoms with Gasteiger partial charge in [0.05, 0.1) is 12.1 Å². The number of rotatable bonds is 5. The maximum atomic E-state index is 12.5. The molecule has 2 aliphatic rings. The van der Waals surface area contributed by atoms with Crippen LogP contribution >= 0.6 is 0 Å². The quantitative estimate of drug-likeness (QED) is 0.806. The highest BCUT2D eigenvalue weighted by molar-refractivity contribution is 5.82. The Hall–Kier alpha value is -0.650. The van der Waals surface area contributed by atoms with E-state index in [0.717, 1.165) is 52.0 Å². The molecule has 2 heterocycles. The van der Waals surface area contributed by atoms with Crippen LogP contribution in [0.2, 0.25) is 0 Å². The number of carbonyl (C=O) groups excluding carboxylic acids is 1. The van der Waals surface area contributed by atoms with E-state index in [-0.39, 0.29) is 18.1 Å². The van der Waals surface area contributed by atoms with Crippen molar-refractivity contribution in [2.75, 3.05) is 39.8 Å². The summed E-state index contributed by atoms with van der Waals surface area (Å²) in [6.07, 6.45) is 3.21. The lowest BCUT2D eigenvalue weighted by molar-refractivity contribution is -0.134. The van der Waals surface area contributed by atoms with Gasteiger partial charge >= 0.3 is 0 Å². The van der Waals surface area contributed by atoms with Crippen LogP contribution in [0.15, 0.2) is 0 Å². The summed E-state index contributed by atoms with van der Waals surface area (Å²) in [5, 5.41) is 3.28. The topological polar surface area (TPSA) is 44.8 Å². The van der Waals surface area contributed by atoms with Crippen molar-refractivity contribution in [2.45, 2.75) is 51.3 Å². The van der Waals surface area contributed by atoms with E-state index < -0.39 is 0 Å². The third-order valence-electron chi connectivity index (χ3n) is 4.83. The molecule has 1 amide bonds. The monoisotopic (exact) mass is 283 g/mol. The number of carbonyl (C=O) groups is 1. The molecule has 1 N–H and O–H groups in total. The molecule has 2 saturated heterocycles. The molecule has 2 fully saturated rings. The van der Waals surface area contributed by atoms with Gasteiger partial charge in [-0.1, -0.05) is 13.8 Å². The normalized spacial score (nSPS) is 28.3. The molecule has 5 nitrogen and oxygen atoms in total. The average molecular weight is 283 g/mol. The highest BCUT2D eigenvalue weighted by atomic mass is 16.5. The van der Waals surface area contributed by atoms with Crippen molar-refractivity contribution in [1.29, 1.82) is 0 Å². The summed E-state index contributed by atoms with van der Waals surface area (Å²) in [4.78, 5) is 17.0. The van der Waals surface area contributed by atoms with Gasteiger partial charge in [0.1, 0.15) is 0 Å². The smallest absolute Gasteiger partial charge is 0.239 e. The summed E-state index contributed by atoms with van der Waals surface area (Å²) >= 11 is 0. The van der Waals surface area contributed by atoms with Gasteiger partial charge in [-0.25, -0.2) is 0 Å². The zero-order chi connectivity index (χ0) is 14.5. The summed E-state index contributed by atoms with van der Waals surface area (Å²) in [7, 11) is 1.72. The second-order valence-electron chi connectivity index (χ2n) is 5.83. The van der Waals surface area contributed by atoms with E-state index in [1.807, 2.05) is 4.90 Å².